The third-order valence-electron chi connectivity index (χ3n) is 6.56. The normalized spacial score (nSPS) is 17.9. The van der Waals surface area contributed by atoms with E-state index in [0.29, 0.717) is 66.9 Å². The summed E-state index contributed by atoms with van der Waals surface area (Å²) < 4.78 is 58.2. The second-order valence-corrected chi connectivity index (χ2v) is 14.8. The van der Waals surface area contributed by atoms with E-state index in [9.17, 15) is 21.6 Å². The van der Waals surface area contributed by atoms with Crippen LogP contribution in [-0.4, -0.2) is 107 Å². The Kier molecular flexibility index (Phi) is 7.90. The Morgan fingerprint density at radius 1 is 1.00 bits per heavy atom. The van der Waals surface area contributed by atoms with Crippen molar-refractivity contribution in [2.24, 2.45) is 0 Å². The molecule has 2 aliphatic heterocycles. The minimum Gasteiger partial charge on any atom is -0.378 e. The zero-order valence-corrected chi connectivity index (χ0v) is 24.1. The number of piperazine rings is 1. The van der Waals surface area contributed by atoms with Gasteiger partial charge in [-0.25, -0.2) is 26.8 Å². The number of nitrogens with zero attached hydrogens (tertiary/aromatic N) is 5. The fourth-order valence-corrected chi connectivity index (χ4v) is 8.31. The van der Waals surface area contributed by atoms with Gasteiger partial charge < -0.3 is 15.0 Å². The molecule has 0 bridgehead atoms. The first-order valence-electron chi connectivity index (χ1n) is 12.4. The van der Waals surface area contributed by atoms with E-state index in [-0.39, 0.29) is 29.1 Å². The summed E-state index contributed by atoms with van der Waals surface area (Å²) in [6.07, 6.45) is 1.16. The van der Waals surface area contributed by atoms with E-state index in [0.717, 1.165) is 23.2 Å². The molecule has 1 aromatic carbocycles. The van der Waals surface area contributed by atoms with E-state index in [1.807, 2.05) is 12.1 Å². The first-order chi connectivity index (χ1) is 18.5. The maximum atomic E-state index is 13.4. The number of nitrogens with one attached hydrogen (secondary N) is 1. The van der Waals surface area contributed by atoms with E-state index in [1.54, 1.807) is 23.1 Å². The summed E-state index contributed by atoms with van der Waals surface area (Å²) in [5, 5.41) is 2.74. The van der Waals surface area contributed by atoms with Gasteiger partial charge in [-0.15, -0.1) is 11.3 Å². The second-order valence-electron chi connectivity index (χ2n) is 9.53. The second kappa shape index (κ2) is 11.1. The van der Waals surface area contributed by atoms with Crippen LogP contribution in [0.25, 0.3) is 21.6 Å². The Balaban J connectivity index is 1.46. The quantitative estimate of drug-likeness (QED) is 0.427. The van der Waals surface area contributed by atoms with Crippen LogP contribution in [0.1, 0.15) is 6.92 Å². The van der Waals surface area contributed by atoms with Crippen LogP contribution in [0.3, 0.4) is 0 Å². The highest BCUT2D eigenvalue weighted by molar-refractivity contribution is 7.93. The molecule has 4 heterocycles. The number of carbonyl (C=O) groups is 1. The Hall–Kier alpha value is -2.69. The summed E-state index contributed by atoms with van der Waals surface area (Å²) in [5.74, 6) is 0.753. The van der Waals surface area contributed by atoms with Crippen molar-refractivity contribution >= 4 is 58.8 Å². The SMILES string of the molecule is CC(=O)Nc1ccc(-c2nc(N3CCOCC3)c3sc(S(=O)(=O)CN4CCN(S(C)(=O)=O)CC4)cc3n2)cc1. The van der Waals surface area contributed by atoms with E-state index >= 15 is 0 Å². The highest BCUT2D eigenvalue weighted by atomic mass is 32.2. The molecule has 12 nitrogen and oxygen atoms in total. The van der Waals surface area contributed by atoms with Crippen molar-refractivity contribution in [3.05, 3.63) is 30.3 Å². The molecule has 15 heteroatoms. The highest BCUT2D eigenvalue weighted by Crippen LogP contribution is 2.37. The lowest BCUT2D eigenvalue weighted by Crippen LogP contribution is -2.49. The van der Waals surface area contributed by atoms with Gasteiger partial charge in [0.15, 0.2) is 11.6 Å². The third-order valence-corrected chi connectivity index (χ3v) is 11.2. The number of sulfone groups is 1. The Labute approximate surface area is 231 Å². The zero-order chi connectivity index (χ0) is 27.8. The van der Waals surface area contributed by atoms with Crippen molar-refractivity contribution in [2.45, 2.75) is 11.1 Å². The van der Waals surface area contributed by atoms with Gasteiger partial charge in [0, 0.05) is 57.4 Å². The van der Waals surface area contributed by atoms with Crippen LogP contribution in [0.15, 0.2) is 34.5 Å². The van der Waals surface area contributed by atoms with Gasteiger partial charge in [-0.2, -0.15) is 4.31 Å². The Bertz CT molecular complexity index is 1580. The standard InChI is InChI=1S/C24H30N6O6S3/c1-17(31)25-19-5-3-18(4-6-19)23-26-20-15-21(37-22(20)24(27-23)29-11-13-36-14-12-29)39(34,35)16-28-7-9-30(10-8-28)38(2,32)33/h3-6,15H,7-14,16H2,1-2H3,(H,25,31). The van der Waals surface area contributed by atoms with Gasteiger partial charge in [0.25, 0.3) is 0 Å². The lowest BCUT2D eigenvalue weighted by molar-refractivity contribution is -0.114. The topological polar surface area (TPSA) is 142 Å². The monoisotopic (exact) mass is 594 g/mol. The molecular formula is C24H30N6O6S3. The van der Waals surface area contributed by atoms with Crippen molar-refractivity contribution in [3.8, 4) is 11.4 Å². The van der Waals surface area contributed by atoms with Gasteiger partial charge in [0.2, 0.25) is 25.8 Å². The molecule has 0 spiro atoms. The van der Waals surface area contributed by atoms with Gasteiger partial charge >= 0.3 is 0 Å². The lowest BCUT2D eigenvalue weighted by Gasteiger charge is -2.32. The fourth-order valence-electron chi connectivity index (χ4n) is 4.56. The van der Waals surface area contributed by atoms with Crippen molar-refractivity contribution in [1.82, 2.24) is 19.2 Å². The first-order valence-corrected chi connectivity index (χ1v) is 16.7. The van der Waals surface area contributed by atoms with Crippen LogP contribution in [0, 0.1) is 0 Å². The molecule has 2 saturated heterocycles. The number of rotatable bonds is 7. The highest BCUT2D eigenvalue weighted by Gasteiger charge is 2.29. The molecule has 0 radical (unpaired) electrons. The predicted octanol–water partition coefficient (Wildman–Crippen LogP) is 1.46. The lowest BCUT2D eigenvalue weighted by atomic mass is 10.2. The van der Waals surface area contributed by atoms with Crippen LogP contribution in [0.4, 0.5) is 11.5 Å². The van der Waals surface area contributed by atoms with E-state index < -0.39 is 19.9 Å². The first kappa shape index (κ1) is 27.9. The van der Waals surface area contributed by atoms with Gasteiger partial charge in [-0.05, 0) is 30.3 Å². The number of ether oxygens (including phenoxy) is 1. The average Bonchev–Trinajstić information content (AvgIpc) is 3.34. The van der Waals surface area contributed by atoms with Crippen molar-refractivity contribution in [1.29, 1.82) is 0 Å². The van der Waals surface area contributed by atoms with Crippen molar-refractivity contribution in [2.75, 3.05) is 74.8 Å². The summed E-state index contributed by atoms with van der Waals surface area (Å²) in [6, 6.07) is 8.77. The summed E-state index contributed by atoms with van der Waals surface area (Å²) in [5.41, 5.74) is 1.93. The number of benzene rings is 1. The number of fused-ring (bicyclic) bond motifs is 1. The van der Waals surface area contributed by atoms with Crippen LogP contribution >= 0.6 is 11.3 Å². The molecule has 2 aliphatic rings. The summed E-state index contributed by atoms with van der Waals surface area (Å²) in [4.78, 5) is 24.8. The molecule has 210 valence electrons. The molecule has 39 heavy (non-hydrogen) atoms. The summed E-state index contributed by atoms with van der Waals surface area (Å²) >= 11 is 1.16. The number of thiophene rings is 1. The number of anilines is 2. The minimum absolute atomic E-state index is 0.167. The number of morpholine rings is 1. The molecule has 0 unspecified atom stereocenters. The number of hydrogen-bond donors (Lipinski definition) is 1. The van der Waals surface area contributed by atoms with Crippen LogP contribution < -0.4 is 10.2 Å². The number of hydrogen-bond acceptors (Lipinski definition) is 11. The molecule has 1 N–H and O–H groups in total. The molecule has 0 saturated carbocycles. The molecule has 5 rings (SSSR count). The summed E-state index contributed by atoms with van der Waals surface area (Å²) in [6.45, 7) is 4.98. The molecule has 1 amide bonds. The van der Waals surface area contributed by atoms with Crippen molar-refractivity contribution < 1.29 is 26.4 Å². The summed E-state index contributed by atoms with van der Waals surface area (Å²) in [7, 11) is -6.99. The van der Waals surface area contributed by atoms with E-state index in [2.05, 4.69) is 10.2 Å². The number of amides is 1. The van der Waals surface area contributed by atoms with Gasteiger partial charge in [0.05, 0.1) is 29.7 Å². The van der Waals surface area contributed by atoms with Crippen LogP contribution in [0.2, 0.25) is 0 Å². The van der Waals surface area contributed by atoms with Crippen molar-refractivity contribution in [3.63, 3.8) is 0 Å². The zero-order valence-electron chi connectivity index (χ0n) is 21.7. The molecular weight excluding hydrogens is 565 g/mol. The Morgan fingerprint density at radius 3 is 2.28 bits per heavy atom. The Morgan fingerprint density at radius 2 is 1.67 bits per heavy atom. The molecule has 0 aliphatic carbocycles. The fraction of sp³-hybridized carbons (Fsp3) is 0.458. The third kappa shape index (κ3) is 6.39. The van der Waals surface area contributed by atoms with Gasteiger partial charge in [-0.1, -0.05) is 0 Å². The minimum atomic E-state index is -3.69. The van der Waals surface area contributed by atoms with Gasteiger partial charge in [-0.3, -0.25) is 9.69 Å². The largest absolute Gasteiger partial charge is 0.378 e. The molecule has 2 fully saturated rings. The molecule has 2 aromatic heterocycles. The number of sulfonamides is 1. The number of carbonyl (C=O) groups excluding carboxylic acids is 1. The van der Waals surface area contributed by atoms with Crippen LogP contribution in [-0.2, 0) is 29.4 Å². The molecule has 3 aromatic rings. The maximum Gasteiger partial charge on any atom is 0.221 e. The van der Waals surface area contributed by atoms with Crippen LogP contribution in [0.5, 0.6) is 0 Å². The van der Waals surface area contributed by atoms with E-state index in [4.69, 9.17) is 14.7 Å². The average molecular weight is 595 g/mol. The van der Waals surface area contributed by atoms with E-state index in [1.165, 1.54) is 11.2 Å². The predicted molar refractivity (Wildman–Crippen MR) is 150 cm³/mol. The number of aromatic nitrogens is 2. The van der Waals surface area contributed by atoms with Gasteiger partial charge in [0.1, 0.15) is 10.1 Å². The smallest absolute Gasteiger partial charge is 0.221 e. The molecule has 0 atom stereocenters. The maximum absolute atomic E-state index is 13.4.